The molecule has 0 amide bonds. The third kappa shape index (κ3) is 5.83. The lowest BCUT2D eigenvalue weighted by Crippen LogP contribution is -2.34. The van der Waals surface area contributed by atoms with Crippen LogP contribution in [0.25, 0.3) is 21.8 Å². The number of aryl methyl sites for hydroxylation is 1. The Morgan fingerprint density at radius 3 is 1.63 bits per heavy atom. The van der Waals surface area contributed by atoms with Gasteiger partial charge in [-0.1, -0.05) is 78.9 Å². The van der Waals surface area contributed by atoms with Crippen molar-refractivity contribution in [1.29, 1.82) is 0 Å². The Hall–Kier alpha value is -3.82. The van der Waals surface area contributed by atoms with Crippen LogP contribution in [0.5, 0.6) is 0 Å². The molecular formula is C36H37N2O2P+2. The largest absolute Gasteiger partial charge is 0.375 e. The summed E-state index contributed by atoms with van der Waals surface area (Å²) in [4.78, 5) is 0. The molecule has 206 valence electrons. The molecule has 4 nitrogen and oxygen atoms in total. The fraction of sp³-hybridized carbons (Fsp3) is 0.194. The lowest BCUT2D eigenvalue weighted by molar-refractivity contribution is -0.645. The van der Waals surface area contributed by atoms with Crippen molar-refractivity contribution in [1.82, 2.24) is 4.57 Å². The molecule has 0 bridgehead atoms. The number of benzene rings is 5. The summed E-state index contributed by atoms with van der Waals surface area (Å²) in [6.07, 6.45) is 3.11. The Kier molecular flexibility index (Phi) is 8.53. The van der Waals surface area contributed by atoms with E-state index in [0.29, 0.717) is 26.4 Å². The lowest BCUT2D eigenvalue weighted by atomic mass is 10.1. The normalized spacial score (nSPS) is 11.8. The summed E-state index contributed by atoms with van der Waals surface area (Å²) in [6.45, 7) is 3.31. The van der Waals surface area contributed by atoms with Crippen molar-refractivity contribution in [3.05, 3.63) is 134 Å². The fourth-order valence-electron chi connectivity index (χ4n) is 5.81. The number of hydrogen-bond acceptors (Lipinski definition) is 2. The van der Waals surface area contributed by atoms with Crippen molar-refractivity contribution in [3.8, 4) is 0 Å². The molecule has 0 N–H and O–H groups in total. The zero-order valence-electron chi connectivity index (χ0n) is 23.6. The van der Waals surface area contributed by atoms with Crippen molar-refractivity contribution < 1.29 is 14.0 Å². The average Bonchev–Trinajstić information content (AvgIpc) is 3.34. The summed E-state index contributed by atoms with van der Waals surface area (Å²) < 4.78 is 16.7. The number of imidazole rings is 1. The molecule has 0 fully saturated rings. The maximum absolute atomic E-state index is 6.22. The van der Waals surface area contributed by atoms with Crippen LogP contribution in [0, 0.1) is 0 Å². The number of rotatable bonds is 12. The molecule has 0 aliphatic rings. The van der Waals surface area contributed by atoms with Crippen LogP contribution in [0.2, 0.25) is 0 Å². The molecular weight excluding hydrogens is 523 g/mol. The van der Waals surface area contributed by atoms with E-state index >= 15 is 0 Å². The molecule has 0 aliphatic heterocycles. The highest BCUT2D eigenvalue weighted by Crippen LogP contribution is 2.54. The van der Waals surface area contributed by atoms with Crippen LogP contribution < -0.4 is 20.5 Å². The van der Waals surface area contributed by atoms with E-state index in [1.54, 1.807) is 0 Å². The van der Waals surface area contributed by atoms with Crippen LogP contribution in [0.15, 0.2) is 134 Å². The van der Waals surface area contributed by atoms with Gasteiger partial charge in [0.1, 0.15) is 29.7 Å². The minimum absolute atomic E-state index is 0.585. The highest BCUT2D eigenvalue weighted by Gasteiger charge is 2.44. The maximum atomic E-state index is 6.22. The minimum Gasteiger partial charge on any atom is -0.375 e. The van der Waals surface area contributed by atoms with Crippen LogP contribution in [0.1, 0.15) is 0 Å². The first-order valence-corrected chi connectivity index (χ1v) is 16.3. The van der Waals surface area contributed by atoms with Gasteiger partial charge in [-0.25, -0.2) is 9.13 Å². The van der Waals surface area contributed by atoms with Crippen molar-refractivity contribution >= 4 is 45.0 Å². The molecule has 0 saturated carbocycles. The monoisotopic (exact) mass is 560 g/mol. The second-order valence-electron chi connectivity index (χ2n) is 10.4. The lowest BCUT2D eigenvalue weighted by Gasteiger charge is -2.27. The molecule has 1 aromatic heterocycles. The van der Waals surface area contributed by atoms with E-state index < -0.39 is 7.26 Å². The van der Waals surface area contributed by atoms with Crippen molar-refractivity contribution in [2.75, 3.05) is 32.6 Å². The zero-order chi connectivity index (χ0) is 27.9. The van der Waals surface area contributed by atoms with Gasteiger partial charge in [-0.05, 0) is 59.3 Å². The Labute approximate surface area is 243 Å². The van der Waals surface area contributed by atoms with Crippen molar-refractivity contribution in [2.45, 2.75) is 6.54 Å². The molecule has 6 rings (SSSR count). The molecule has 0 saturated heterocycles. The van der Waals surface area contributed by atoms with Gasteiger partial charge in [0.15, 0.2) is 11.0 Å². The van der Waals surface area contributed by atoms with E-state index in [1.165, 1.54) is 37.7 Å². The number of ether oxygens (including phenoxy) is 2. The first-order valence-electron chi connectivity index (χ1n) is 14.3. The highest BCUT2D eigenvalue weighted by atomic mass is 31.2. The maximum Gasteiger partial charge on any atom is 0.244 e. The van der Waals surface area contributed by atoms with Gasteiger partial charge in [-0.15, -0.1) is 0 Å². The molecule has 1 heterocycles. The summed E-state index contributed by atoms with van der Waals surface area (Å²) >= 11 is 0. The second-order valence-corrected chi connectivity index (χ2v) is 14.0. The number of aromatic nitrogens is 2. The molecule has 0 aliphatic carbocycles. The number of fused-ring (bicyclic) bond motifs is 2. The van der Waals surface area contributed by atoms with E-state index in [1.807, 2.05) is 0 Å². The zero-order valence-corrected chi connectivity index (χ0v) is 24.5. The van der Waals surface area contributed by atoms with Crippen LogP contribution in [-0.2, 0) is 23.1 Å². The Balaban J connectivity index is 1.08. The molecule has 6 aromatic rings. The van der Waals surface area contributed by atoms with Crippen LogP contribution in [-0.4, -0.2) is 37.2 Å². The van der Waals surface area contributed by atoms with E-state index in [0.717, 1.165) is 12.7 Å². The average molecular weight is 561 g/mol. The van der Waals surface area contributed by atoms with Crippen molar-refractivity contribution in [3.63, 3.8) is 0 Å². The number of nitrogens with zero attached hydrogens (tertiary/aromatic N) is 2. The topological polar surface area (TPSA) is 27.3 Å². The molecule has 0 atom stereocenters. The van der Waals surface area contributed by atoms with Gasteiger partial charge < -0.3 is 9.47 Å². The third-order valence-corrected chi connectivity index (χ3v) is 12.2. The number of hydrogen-bond donors (Lipinski definition) is 0. The van der Waals surface area contributed by atoms with Crippen LogP contribution in [0.3, 0.4) is 0 Å². The summed E-state index contributed by atoms with van der Waals surface area (Å²) in [6, 6.07) is 46.0. The van der Waals surface area contributed by atoms with Gasteiger partial charge in [-0.3, -0.25) is 0 Å². The van der Waals surface area contributed by atoms with Gasteiger partial charge >= 0.3 is 0 Å². The first-order chi connectivity index (χ1) is 20.3. The SMILES string of the molecule is C[n+]1cn(CCOCCOCC[P+](c2ccccc2)(c2ccccc2)c2ccccc2)c2cc3ccccc3cc21. The molecule has 0 unspecified atom stereocenters. The quantitative estimate of drug-likeness (QED) is 0.110. The van der Waals surface area contributed by atoms with Gasteiger partial charge in [-0.2, -0.15) is 0 Å². The van der Waals surface area contributed by atoms with Gasteiger partial charge in [0.2, 0.25) is 6.33 Å². The molecule has 5 aromatic carbocycles. The van der Waals surface area contributed by atoms with E-state index in [-0.39, 0.29) is 0 Å². The van der Waals surface area contributed by atoms with Crippen LogP contribution in [0.4, 0.5) is 0 Å². The molecule has 0 radical (unpaired) electrons. The van der Waals surface area contributed by atoms with E-state index in [2.05, 4.69) is 150 Å². The molecule has 0 spiro atoms. The summed E-state index contributed by atoms with van der Waals surface area (Å²) in [5.41, 5.74) is 2.46. The predicted octanol–water partition coefficient (Wildman–Crippen LogP) is 5.65. The Bertz CT molecular complexity index is 1610. The Morgan fingerprint density at radius 2 is 1.07 bits per heavy atom. The minimum atomic E-state index is -1.86. The van der Waals surface area contributed by atoms with Gasteiger partial charge in [0, 0.05) is 0 Å². The van der Waals surface area contributed by atoms with Crippen LogP contribution >= 0.6 is 7.26 Å². The highest BCUT2D eigenvalue weighted by molar-refractivity contribution is 7.95. The van der Waals surface area contributed by atoms with E-state index in [4.69, 9.17) is 9.47 Å². The first kappa shape index (κ1) is 27.4. The second kappa shape index (κ2) is 12.8. The fourth-order valence-corrected chi connectivity index (χ4v) is 9.92. The Morgan fingerprint density at radius 1 is 0.585 bits per heavy atom. The molecule has 41 heavy (non-hydrogen) atoms. The van der Waals surface area contributed by atoms with E-state index in [9.17, 15) is 0 Å². The van der Waals surface area contributed by atoms with Crippen molar-refractivity contribution in [2.24, 2.45) is 7.05 Å². The molecule has 5 heteroatoms. The standard InChI is InChI=1S/C36H37N2O2P/c1-37-29-38(36-28-31-14-12-11-13-30(31)27-35(36)37)21-22-39-23-24-40-25-26-41(32-15-5-2-6-16-32,33-17-7-3-8-18-33)34-19-9-4-10-20-34/h2-20,27-29H,21-26H2,1H3/q+2. The summed E-state index contributed by atoms with van der Waals surface area (Å²) in [5, 5.41) is 6.68. The van der Waals surface area contributed by atoms with Gasteiger partial charge in [0.05, 0.1) is 39.6 Å². The summed E-state index contributed by atoms with van der Waals surface area (Å²) in [5.74, 6) is 0. The van der Waals surface area contributed by atoms with Gasteiger partial charge in [0.25, 0.3) is 0 Å². The summed E-state index contributed by atoms with van der Waals surface area (Å²) in [7, 11) is 0.238. The third-order valence-electron chi connectivity index (χ3n) is 7.86. The smallest absolute Gasteiger partial charge is 0.244 e. The predicted molar refractivity (Wildman–Crippen MR) is 172 cm³/mol.